The van der Waals surface area contributed by atoms with Crippen molar-refractivity contribution in [3.8, 4) is 0 Å². The summed E-state index contributed by atoms with van der Waals surface area (Å²) in [5.41, 5.74) is 0.926. The van der Waals surface area contributed by atoms with Gasteiger partial charge in [0.25, 0.3) is 5.91 Å². The molecular formula is C21H23Br2N5O2. The van der Waals surface area contributed by atoms with Gasteiger partial charge in [0.05, 0.1) is 9.99 Å². The highest BCUT2D eigenvalue weighted by molar-refractivity contribution is 9.13. The third-order valence-electron chi connectivity index (χ3n) is 5.27. The first-order valence-corrected chi connectivity index (χ1v) is 11.5. The Labute approximate surface area is 191 Å². The summed E-state index contributed by atoms with van der Waals surface area (Å²) < 4.78 is 6.66. The lowest BCUT2D eigenvalue weighted by atomic mass is 9.91. The number of anilines is 2. The van der Waals surface area contributed by atoms with Gasteiger partial charge < -0.3 is 20.0 Å². The van der Waals surface area contributed by atoms with Crippen molar-refractivity contribution in [3.05, 3.63) is 45.2 Å². The number of hydrogen-bond acceptors (Lipinski definition) is 6. The first-order valence-electron chi connectivity index (χ1n) is 9.87. The lowest BCUT2D eigenvalue weighted by Gasteiger charge is -2.29. The highest BCUT2D eigenvalue weighted by Gasteiger charge is 2.25. The quantitative estimate of drug-likeness (QED) is 0.479. The minimum absolute atomic E-state index is 0.132. The van der Waals surface area contributed by atoms with Gasteiger partial charge in [-0.3, -0.25) is 4.79 Å². The van der Waals surface area contributed by atoms with Crippen LogP contribution in [0.4, 0.5) is 11.8 Å². The van der Waals surface area contributed by atoms with Crippen LogP contribution in [-0.4, -0.2) is 42.1 Å². The third-order valence-corrected chi connectivity index (χ3v) is 6.98. The number of rotatable bonds is 5. The van der Waals surface area contributed by atoms with Crippen LogP contribution in [0.5, 0.6) is 0 Å². The normalized spacial score (nSPS) is 18.9. The predicted molar refractivity (Wildman–Crippen MR) is 125 cm³/mol. The van der Waals surface area contributed by atoms with Crippen LogP contribution >= 0.6 is 31.9 Å². The number of nitrogens with zero attached hydrogens (tertiary/aromatic N) is 3. The van der Waals surface area contributed by atoms with Crippen molar-refractivity contribution in [3.63, 3.8) is 0 Å². The van der Waals surface area contributed by atoms with Gasteiger partial charge in [-0.25, -0.2) is 4.98 Å². The molecule has 1 aliphatic carbocycles. The fourth-order valence-corrected chi connectivity index (χ4v) is 4.32. The number of para-hydroxylation sites is 1. The van der Waals surface area contributed by atoms with Crippen molar-refractivity contribution in [1.29, 1.82) is 0 Å². The zero-order valence-electron chi connectivity index (χ0n) is 16.8. The number of fused-ring (bicyclic) bond motifs is 1. The number of hydrogen-bond donors (Lipinski definition) is 2. The van der Waals surface area contributed by atoms with E-state index in [-0.39, 0.29) is 18.0 Å². The Balaban J connectivity index is 1.37. The summed E-state index contributed by atoms with van der Waals surface area (Å²) in [4.78, 5) is 23.8. The molecule has 4 rings (SSSR count). The van der Waals surface area contributed by atoms with Crippen LogP contribution in [0.25, 0.3) is 10.9 Å². The van der Waals surface area contributed by atoms with Gasteiger partial charge >= 0.3 is 0 Å². The molecule has 2 aromatic heterocycles. The average molecular weight is 537 g/mol. The monoisotopic (exact) mass is 535 g/mol. The fourth-order valence-electron chi connectivity index (χ4n) is 3.74. The number of benzene rings is 1. The molecule has 7 nitrogen and oxygen atoms in total. The molecule has 0 bridgehead atoms. The molecule has 2 heterocycles. The molecule has 2 N–H and O–H groups in total. The highest BCUT2D eigenvalue weighted by atomic mass is 79.9. The van der Waals surface area contributed by atoms with Gasteiger partial charge in [0.2, 0.25) is 5.95 Å². The largest absolute Gasteiger partial charge is 0.443 e. The van der Waals surface area contributed by atoms with Crippen molar-refractivity contribution >= 4 is 60.4 Å². The van der Waals surface area contributed by atoms with E-state index in [1.807, 2.05) is 43.3 Å². The summed E-state index contributed by atoms with van der Waals surface area (Å²) >= 11 is 6.60. The minimum atomic E-state index is -0.189. The molecule has 158 valence electrons. The standard InChI is InChI=1S/C21H23Br2N5O2/c1-28(2)19-14-5-3-4-6-16(14)26-21(27-19)25-13-9-7-12(8-10-13)24-20(29)17-11-15(22)18(23)30-17/h3-6,11-13H,7-10H2,1-2H3,(H,24,29)(H,25,26,27)/t12-,13+. The van der Waals surface area contributed by atoms with Crippen LogP contribution in [0.15, 0.2) is 43.9 Å². The van der Waals surface area contributed by atoms with E-state index < -0.39 is 0 Å². The van der Waals surface area contributed by atoms with Crippen LogP contribution in [0.1, 0.15) is 36.2 Å². The van der Waals surface area contributed by atoms with Crippen LogP contribution in [0.3, 0.4) is 0 Å². The molecule has 30 heavy (non-hydrogen) atoms. The topological polar surface area (TPSA) is 83.3 Å². The first-order chi connectivity index (χ1) is 14.4. The van der Waals surface area contributed by atoms with Gasteiger partial charge in [0, 0.05) is 37.6 Å². The molecule has 0 spiro atoms. The Morgan fingerprint density at radius 3 is 2.47 bits per heavy atom. The van der Waals surface area contributed by atoms with E-state index in [9.17, 15) is 4.79 Å². The van der Waals surface area contributed by atoms with Crippen molar-refractivity contribution in [2.24, 2.45) is 0 Å². The van der Waals surface area contributed by atoms with Crippen molar-refractivity contribution < 1.29 is 9.21 Å². The van der Waals surface area contributed by atoms with Crippen LogP contribution in [-0.2, 0) is 0 Å². The van der Waals surface area contributed by atoms with Gasteiger partial charge in [-0.2, -0.15) is 4.98 Å². The van der Waals surface area contributed by atoms with Crippen molar-refractivity contribution in [2.75, 3.05) is 24.3 Å². The maximum absolute atomic E-state index is 12.4. The third kappa shape index (κ3) is 4.62. The number of halogens is 2. The van der Waals surface area contributed by atoms with Crippen molar-refractivity contribution in [1.82, 2.24) is 15.3 Å². The Morgan fingerprint density at radius 2 is 1.80 bits per heavy atom. The minimum Gasteiger partial charge on any atom is -0.443 e. The number of carbonyl (C=O) groups is 1. The van der Waals surface area contributed by atoms with E-state index in [4.69, 9.17) is 14.4 Å². The number of aromatic nitrogens is 2. The SMILES string of the molecule is CN(C)c1nc(N[C@H]2CC[C@@H](NC(=O)c3cc(Br)c(Br)o3)CC2)nc2ccccc12. The molecule has 0 radical (unpaired) electrons. The van der Waals surface area contributed by atoms with E-state index in [1.54, 1.807) is 6.07 Å². The van der Waals surface area contributed by atoms with Crippen LogP contribution in [0.2, 0.25) is 0 Å². The molecule has 0 unspecified atom stereocenters. The number of nitrogens with one attached hydrogen (secondary N) is 2. The van der Waals surface area contributed by atoms with E-state index >= 15 is 0 Å². The molecule has 1 aromatic carbocycles. The molecular weight excluding hydrogens is 514 g/mol. The van der Waals surface area contributed by atoms with E-state index in [1.165, 1.54) is 0 Å². The zero-order valence-corrected chi connectivity index (χ0v) is 20.0. The smallest absolute Gasteiger partial charge is 0.287 e. The van der Waals surface area contributed by atoms with E-state index in [0.717, 1.165) is 46.9 Å². The Hall–Kier alpha value is -2.13. The first kappa shape index (κ1) is 21.1. The van der Waals surface area contributed by atoms with Gasteiger partial charge in [0.1, 0.15) is 5.82 Å². The lowest BCUT2D eigenvalue weighted by molar-refractivity contribution is 0.0897. The van der Waals surface area contributed by atoms with Crippen molar-refractivity contribution in [2.45, 2.75) is 37.8 Å². The molecule has 0 atom stereocenters. The van der Waals surface area contributed by atoms with Crippen LogP contribution in [0, 0.1) is 0 Å². The maximum Gasteiger partial charge on any atom is 0.287 e. The predicted octanol–water partition coefficient (Wildman–Crippen LogP) is 4.97. The van der Waals surface area contributed by atoms with E-state index in [2.05, 4.69) is 42.5 Å². The number of furan rings is 1. The molecule has 1 saturated carbocycles. The maximum atomic E-state index is 12.4. The summed E-state index contributed by atoms with van der Waals surface area (Å²) in [6, 6.07) is 10.1. The molecule has 9 heteroatoms. The molecule has 1 amide bonds. The van der Waals surface area contributed by atoms with Gasteiger partial charge in [-0.05, 0) is 69.7 Å². The molecule has 1 fully saturated rings. The lowest BCUT2D eigenvalue weighted by Crippen LogP contribution is -2.40. The molecule has 0 aliphatic heterocycles. The van der Waals surface area contributed by atoms with Gasteiger partial charge in [-0.1, -0.05) is 12.1 Å². The second kappa shape index (κ2) is 8.93. The Morgan fingerprint density at radius 1 is 1.10 bits per heavy atom. The molecule has 3 aromatic rings. The number of carbonyl (C=O) groups excluding carboxylic acids is 1. The Bertz CT molecular complexity index is 1040. The summed E-state index contributed by atoms with van der Waals surface area (Å²) in [6.45, 7) is 0. The van der Waals surface area contributed by atoms with E-state index in [0.29, 0.717) is 16.4 Å². The summed E-state index contributed by atoms with van der Waals surface area (Å²) in [5, 5.41) is 7.60. The zero-order chi connectivity index (χ0) is 21.3. The van der Waals surface area contributed by atoms with Crippen LogP contribution < -0.4 is 15.5 Å². The average Bonchev–Trinajstić information content (AvgIpc) is 3.07. The van der Waals surface area contributed by atoms with Gasteiger partial charge in [-0.15, -0.1) is 0 Å². The fraction of sp³-hybridized carbons (Fsp3) is 0.381. The summed E-state index contributed by atoms with van der Waals surface area (Å²) in [7, 11) is 3.98. The van der Waals surface area contributed by atoms with Gasteiger partial charge in [0.15, 0.2) is 10.4 Å². The number of amides is 1. The summed E-state index contributed by atoms with van der Waals surface area (Å²) in [6.07, 6.45) is 3.65. The second-order valence-corrected chi connectivity index (χ2v) is 9.26. The molecule has 0 saturated heterocycles. The highest BCUT2D eigenvalue weighted by Crippen LogP contribution is 2.28. The Kier molecular flexibility index (Phi) is 6.29. The molecule has 1 aliphatic rings. The summed E-state index contributed by atoms with van der Waals surface area (Å²) in [5.74, 6) is 1.66. The second-order valence-electron chi connectivity index (χ2n) is 7.68.